The van der Waals surface area contributed by atoms with Crippen LogP contribution in [0.1, 0.15) is 49.9 Å². The molecule has 2 atom stereocenters. The molecule has 2 aromatic rings. The summed E-state index contributed by atoms with van der Waals surface area (Å²) in [5, 5.41) is 6.73. The second kappa shape index (κ2) is 10.8. The number of amides is 1. The number of hydrogen-bond acceptors (Lipinski definition) is 7. The zero-order valence-electron chi connectivity index (χ0n) is 20.2. The zero-order chi connectivity index (χ0) is 25.7. The number of nitrogens with one attached hydrogen (secondary N) is 1. The van der Waals surface area contributed by atoms with Gasteiger partial charge in [-0.3, -0.25) is 19.4 Å². The summed E-state index contributed by atoms with van der Waals surface area (Å²) in [4.78, 5) is 48.4. The first kappa shape index (κ1) is 25.2. The standard InChI is InChI=1S/C27H28FN3O5/c1-17(2)27(15-22(31-36-27)25-20-11-7-6-8-18(20)12-13-29-25)26(34)30-21(23(32)16-28)14-24(33)35-19-9-4-3-5-10-19/h3-5,7,9-13,17,21H,6,8,14-16H2,1-2H3,(H,30,34)/t21-,27?/m0/s1. The van der Waals surface area contributed by atoms with Gasteiger partial charge in [-0.25, -0.2) is 4.39 Å². The number of allylic oxidation sites excluding steroid dienone is 1. The number of rotatable bonds is 9. The van der Waals surface area contributed by atoms with Gasteiger partial charge in [0.25, 0.3) is 5.91 Å². The van der Waals surface area contributed by atoms with Crippen LogP contribution in [0.5, 0.6) is 5.75 Å². The number of nitrogens with zero attached hydrogens (tertiary/aromatic N) is 2. The first-order chi connectivity index (χ1) is 17.3. The van der Waals surface area contributed by atoms with E-state index in [1.54, 1.807) is 50.4 Å². The smallest absolute Gasteiger partial charge is 0.313 e. The predicted octanol–water partition coefficient (Wildman–Crippen LogP) is 3.58. The van der Waals surface area contributed by atoms with Gasteiger partial charge in [-0.15, -0.1) is 0 Å². The highest BCUT2D eigenvalue weighted by Crippen LogP contribution is 2.35. The normalized spacial score (nSPS) is 19.2. The number of para-hydroxylation sites is 1. The predicted molar refractivity (Wildman–Crippen MR) is 131 cm³/mol. The number of ketones is 1. The molecule has 1 aromatic carbocycles. The van der Waals surface area contributed by atoms with Gasteiger partial charge in [-0.1, -0.05) is 49.4 Å². The van der Waals surface area contributed by atoms with E-state index in [2.05, 4.69) is 21.5 Å². The van der Waals surface area contributed by atoms with Crippen LogP contribution in [-0.2, 0) is 25.6 Å². The summed E-state index contributed by atoms with van der Waals surface area (Å²) in [5.41, 5.74) is 1.79. The number of aromatic nitrogens is 1. The molecular weight excluding hydrogens is 465 g/mol. The Morgan fingerprint density at radius 1 is 1.19 bits per heavy atom. The molecule has 0 radical (unpaired) electrons. The number of fused-ring (bicyclic) bond motifs is 1. The molecule has 1 N–H and O–H groups in total. The topological polar surface area (TPSA) is 107 Å². The molecule has 1 aliphatic heterocycles. The van der Waals surface area contributed by atoms with Crippen LogP contribution in [0, 0.1) is 5.92 Å². The third-order valence-corrected chi connectivity index (χ3v) is 6.46. The summed E-state index contributed by atoms with van der Waals surface area (Å²) < 4.78 is 18.5. The second-order valence-electron chi connectivity index (χ2n) is 9.14. The first-order valence-electron chi connectivity index (χ1n) is 11.9. The van der Waals surface area contributed by atoms with Gasteiger partial charge in [0, 0.05) is 24.1 Å². The van der Waals surface area contributed by atoms with Gasteiger partial charge < -0.3 is 14.9 Å². The van der Waals surface area contributed by atoms with Crippen molar-refractivity contribution >= 4 is 29.4 Å². The number of pyridine rings is 1. The minimum atomic E-state index is -1.45. The Morgan fingerprint density at radius 2 is 1.97 bits per heavy atom. The molecule has 0 spiro atoms. The van der Waals surface area contributed by atoms with Crippen LogP contribution < -0.4 is 10.1 Å². The van der Waals surface area contributed by atoms with Crippen molar-refractivity contribution in [2.45, 2.75) is 51.2 Å². The monoisotopic (exact) mass is 493 g/mol. The summed E-state index contributed by atoms with van der Waals surface area (Å²) >= 11 is 0. The largest absolute Gasteiger partial charge is 0.426 e. The van der Waals surface area contributed by atoms with Crippen molar-refractivity contribution in [3.63, 3.8) is 0 Å². The average molecular weight is 494 g/mol. The van der Waals surface area contributed by atoms with E-state index in [-0.39, 0.29) is 18.1 Å². The summed E-state index contributed by atoms with van der Waals surface area (Å²) in [5.74, 6) is -2.44. The lowest BCUT2D eigenvalue weighted by Gasteiger charge is -2.30. The number of aryl methyl sites for hydroxylation is 1. The van der Waals surface area contributed by atoms with E-state index in [0.29, 0.717) is 11.4 Å². The van der Waals surface area contributed by atoms with Crippen LogP contribution in [0.4, 0.5) is 4.39 Å². The number of esters is 1. The van der Waals surface area contributed by atoms with Crippen molar-refractivity contribution in [2.75, 3.05) is 6.67 Å². The van der Waals surface area contributed by atoms with Gasteiger partial charge >= 0.3 is 5.97 Å². The third-order valence-electron chi connectivity index (χ3n) is 6.46. The summed E-state index contributed by atoms with van der Waals surface area (Å²) in [6, 6.07) is 8.83. The highest BCUT2D eigenvalue weighted by Gasteiger charge is 2.51. The number of hydrogen-bond donors (Lipinski definition) is 1. The van der Waals surface area contributed by atoms with Gasteiger partial charge in [0.1, 0.15) is 24.2 Å². The molecule has 188 valence electrons. The molecular formula is C27H28FN3O5. The molecule has 1 unspecified atom stereocenters. The van der Waals surface area contributed by atoms with Crippen LogP contribution in [-0.4, -0.2) is 46.7 Å². The van der Waals surface area contributed by atoms with Gasteiger partial charge in [-0.2, -0.15) is 0 Å². The van der Waals surface area contributed by atoms with Crippen LogP contribution >= 0.6 is 0 Å². The third kappa shape index (κ3) is 5.19. The number of Topliss-reactive ketones (excluding diaryl/α,β-unsaturated/α-hetero) is 1. The summed E-state index contributed by atoms with van der Waals surface area (Å²) in [6.45, 7) is 2.25. The highest BCUT2D eigenvalue weighted by atomic mass is 19.1. The first-order valence-corrected chi connectivity index (χ1v) is 11.9. The molecule has 0 saturated carbocycles. The summed E-state index contributed by atoms with van der Waals surface area (Å²) in [6.07, 6.45) is 7.18. The van der Waals surface area contributed by atoms with E-state index in [9.17, 15) is 18.8 Å². The van der Waals surface area contributed by atoms with Crippen LogP contribution in [0.2, 0.25) is 0 Å². The fourth-order valence-electron chi connectivity index (χ4n) is 4.30. The van der Waals surface area contributed by atoms with Crippen LogP contribution in [0.15, 0.2) is 53.8 Å². The van der Waals surface area contributed by atoms with Crippen molar-refractivity contribution in [2.24, 2.45) is 11.1 Å². The highest BCUT2D eigenvalue weighted by molar-refractivity contribution is 6.07. The lowest BCUT2D eigenvalue weighted by molar-refractivity contribution is -0.152. The maximum atomic E-state index is 13.5. The Hall–Kier alpha value is -3.88. The van der Waals surface area contributed by atoms with Crippen molar-refractivity contribution in [3.05, 3.63) is 65.5 Å². The molecule has 1 amide bonds. The Balaban J connectivity index is 1.51. The molecule has 2 heterocycles. The maximum absolute atomic E-state index is 13.5. The van der Waals surface area contributed by atoms with Crippen LogP contribution in [0.25, 0.3) is 6.08 Å². The Kier molecular flexibility index (Phi) is 7.57. The number of halogens is 1. The molecule has 0 bridgehead atoms. The average Bonchev–Trinajstić information content (AvgIpc) is 3.35. The number of alkyl halides is 1. The molecule has 1 aliphatic carbocycles. The number of carbonyl (C=O) groups excluding carboxylic acids is 3. The van der Waals surface area contributed by atoms with E-state index in [4.69, 9.17) is 9.57 Å². The molecule has 2 aliphatic rings. The number of oxime groups is 1. The van der Waals surface area contributed by atoms with Gasteiger partial charge in [0.15, 0.2) is 5.78 Å². The number of carbonyl (C=O) groups is 3. The lowest BCUT2D eigenvalue weighted by atomic mass is 9.83. The maximum Gasteiger partial charge on any atom is 0.313 e. The molecule has 36 heavy (non-hydrogen) atoms. The fourth-order valence-corrected chi connectivity index (χ4v) is 4.30. The second-order valence-corrected chi connectivity index (χ2v) is 9.14. The molecule has 1 aromatic heterocycles. The van der Waals surface area contributed by atoms with E-state index < -0.39 is 42.4 Å². The lowest BCUT2D eigenvalue weighted by Crippen LogP contribution is -2.56. The molecule has 4 rings (SSSR count). The number of benzene rings is 1. The molecule has 0 fully saturated rings. The van der Waals surface area contributed by atoms with E-state index in [1.807, 2.05) is 12.1 Å². The quantitative estimate of drug-likeness (QED) is 0.423. The molecule has 9 heteroatoms. The van der Waals surface area contributed by atoms with E-state index in [0.717, 1.165) is 24.0 Å². The molecule has 8 nitrogen and oxygen atoms in total. The van der Waals surface area contributed by atoms with Gasteiger partial charge in [-0.05, 0) is 36.6 Å². The van der Waals surface area contributed by atoms with Gasteiger partial charge in [0.05, 0.1) is 12.1 Å². The van der Waals surface area contributed by atoms with E-state index >= 15 is 0 Å². The fraction of sp³-hybridized carbons (Fsp3) is 0.370. The SMILES string of the molecule is CC(C)C1(C(=O)N[C@@H](CC(=O)Oc2ccccc2)C(=O)CF)CC(c2nccc3c2C=CCC3)=NO1. The molecule has 0 saturated heterocycles. The Morgan fingerprint density at radius 3 is 2.69 bits per heavy atom. The minimum Gasteiger partial charge on any atom is -0.426 e. The number of ether oxygens (including phenoxy) is 1. The van der Waals surface area contributed by atoms with Crippen molar-refractivity contribution in [1.29, 1.82) is 0 Å². The Labute approximate surface area is 208 Å². The van der Waals surface area contributed by atoms with Crippen molar-refractivity contribution in [3.8, 4) is 5.75 Å². The van der Waals surface area contributed by atoms with Crippen molar-refractivity contribution in [1.82, 2.24) is 10.3 Å². The summed E-state index contributed by atoms with van der Waals surface area (Å²) in [7, 11) is 0. The van der Waals surface area contributed by atoms with Crippen molar-refractivity contribution < 1.29 is 28.3 Å². The Bertz CT molecular complexity index is 1210. The van der Waals surface area contributed by atoms with Crippen LogP contribution in [0.3, 0.4) is 0 Å². The van der Waals surface area contributed by atoms with E-state index in [1.165, 1.54) is 0 Å². The van der Waals surface area contributed by atoms with Gasteiger partial charge in [0.2, 0.25) is 5.60 Å². The zero-order valence-corrected chi connectivity index (χ0v) is 20.2. The minimum absolute atomic E-state index is 0.110.